The number of benzene rings is 1. The number of aliphatic hydroxyl groups excluding tert-OH is 1. The van der Waals surface area contributed by atoms with Gasteiger partial charge in [-0.05, 0) is 17.7 Å². The number of carbonyl (C=O) groups excluding carboxylic acids is 1. The molecule has 82 valence electrons. The maximum absolute atomic E-state index is 10.9. The van der Waals surface area contributed by atoms with Gasteiger partial charge in [-0.15, -0.1) is 0 Å². The van der Waals surface area contributed by atoms with E-state index in [2.05, 4.69) is 0 Å². The molecular weight excluding hydrogens is 194 g/mol. The topological polar surface area (TPSA) is 60.8 Å². The van der Waals surface area contributed by atoms with Crippen LogP contribution in [0.5, 0.6) is 5.75 Å². The maximum atomic E-state index is 10.9. The lowest BCUT2D eigenvalue weighted by Crippen LogP contribution is -2.28. The van der Waals surface area contributed by atoms with Crippen LogP contribution in [0.4, 0.5) is 0 Å². The van der Waals surface area contributed by atoms with Crippen LogP contribution in [0.3, 0.4) is 0 Å². The van der Waals surface area contributed by atoms with Crippen molar-refractivity contribution in [3.63, 3.8) is 0 Å². The van der Waals surface area contributed by atoms with Crippen LogP contribution in [0.1, 0.15) is 18.6 Å². The fourth-order valence-corrected chi connectivity index (χ4v) is 1.23. The number of aromatic hydroxyl groups is 1. The van der Waals surface area contributed by atoms with Crippen LogP contribution in [-0.4, -0.2) is 34.6 Å². The van der Waals surface area contributed by atoms with E-state index < -0.39 is 6.10 Å². The van der Waals surface area contributed by atoms with E-state index in [4.69, 9.17) is 0 Å². The van der Waals surface area contributed by atoms with Crippen molar-refractivity contribution in [1.29, 1.82) is 0 Å². The van der Waals surface area contributed by atoms with Gasteiger partial charge in [-0.3, -0.25) is 4.79 Å². The molecule has 4 heteroatoms. The largest absolute Gasteiger partial charge is 0.508 e. The number of nitrogens with zero attached hydrogens (tertiary/aromatic N) is 1. The molecule has 1 rings (SSSR count). The Kier molecular flexibility index (Phi) is 3.68. The van der Waals surface area contributed by atoms with Crippen molar-refractivity contribution < 1.29 is 15.0 Å². The minimum absolute atomic E-state index is 0.103. The smallest absolute Gasteiger partial charge is 0.219 e. The van der Waals surface area contributed by atoms with E-state index >= 15 is 0 Å². The van der Waals surface area contributed by atoms with E-state index in [0.717, 1.165) is 0 Å². The van der Waals surface area contributed by atoms with Crippen LogP contribution >= 0.6 is 0 Å². The second-order valence-corrected chi connectivity index (χ2v) is 3.51. The number of hydrogen-bond donors (Lipinski definition) is 2. The van der Waals surface area contributed by atoms with Gasteiger partial charge in [0.25, 0.3) is 0 Å². The highest BCUT2D eigenvalue weighted by Gasteiger charge is 2.12. The highest BCUT2D eigenvalue weighted by molar-refractivity contribution is 5.72. The number of rotatable bonds is 3. The van der Waals surface area contributed by atoms with Crippen molar-refractivity contribution in [3.05, 3.63) is 29.8 Å². The third kappa shape index (κ3) is 3.25. The van der Waals surface area contributed by atoms with Gasteiger partial charge in [0.2, 0.25) is 5.91 Å². The molecule has 0 heterocycles. The predicted molar refractivity (Wildman–Crippen MR) is 56.4 cm³/mol. The first-order valence-corrected chi connectivity index (χ1v) is 4.69. The minimum atomic E-state index is -0.772. The molecule has 0 aliphatic carbocycles. The first-order valence-electron chi connectivity index (χ1n) is 4.69. The standard InChI is InChI=1S/C11H15NO3/c1-8(13)12(2)7-11(15)9-4-3-5-10(14)6-9/h3-6,11,14-15H,7H2,1-2H3/t11-/m0/s1. The van der Waals surface area contributed by atoms with Gasteiger partial charge in [-0.25, -0.2) is 0 Å². The van der Waals surface area contributed by atoms with Crippen LogP contribution < -0.4 is 0 Å². The monoisotopic (exact) mass is 209 g/mol. The molecule has 0 saturated heterocycles. The molecule has 1 aromatic rings. The molecule has 0 bridgehead atoms. The van der Waals surface area contributed by atoms with Gasteiger partial charge in [-0.1, -0.05) is 12.1 Å². The van der Waals surface area contributed by atoms with Crippen molar-refractivity contribution in [2.45, 2.75) is 13.0 Å². The molecule has 0 aliphatic rings. The number of aliphatic hydroxyl groups is 1. The van der Waals surface area contributed by atoms with Crippen molar-refractivity contribution in [3.8, 4) is 5.75 Å². The summed E-state index contributed by atoms with van der Waals surface area (Å²) in [5.74, 6) is 0.00577. The van der Waals surface area contributed by atoms with E-state index in [1.54, 1.807) is 19.2 Å². The van der Waals surface area contributed by atoms with E-state index in [1.165, 1.54) is 24.0 Å². The SMILES string of the molecule is CC(=O)N(C)C[C@H](O)c1cccc(O)c1. The zero-order valence-electron chi connectivity index (χ0n) is 8.84. The van der Waals surface area contributed by atoms with Crippen LogP contribution in [0, 0.1) is 0 Å². The van der Waals surface area contributed by atoms with Gasteiger partial charge in [0, 0.05) is 14.0 Å². The van der Waals surface area contributed by atoms with E-state index in [1.807, 2.05) is 0 Å². The lowest BCUT2D eigenvalue weighted by molar-refractivity contribution is -0.128. The number of likely N-dealkylation sites (N-methyl/N-ethyl adjacent to an activating group) is 1. The zero-order chi connectivity index (χ0) is 11.4. The maximum Gasteiger partial charge on any atom is 0.219 e. The van der Waals surface area contributed by atoms with Crippen molar-refractivity contribution >= 4 is 5.91 Å². The van der Waals surface area contributed by atoms with Crippen LogP contribution in [-0.2, 0) is 4.79 Å². The first-order chi connectivity index (χ1) is 7.00. The summed E-state index contributed by atoms with van der Waals surface area (Å²) in [7, 11) is 1.62. The van der Waals surface area contributed by atoms with Gasteiger partial charge >= 0.3 is 0 Å². The summed E-state index contributed by atoms with van der Waals surface area (Å²) in [6.07, 6.45) is -0.772. The van der Waals surface area contributed by atoms with Crippen molar-refractivity contribution in [2.24, 2.45) is 0 Å². The number of hydrogen-bond acceptors (Lipinski definition) is 3. The predicted octanol–water partition coefficient (Wildman–Crippen LogP) is 0.904. The molecule has 0 aliphatic heterocycles. The average Bonchev–Trinajstić information content (AvgIpc) is 2.17. The molecule has 0 aromatic heterocycles. The Bertz CT molecular complexity index is 351. The number of phenols is 1. The Hall–Kier alpha value is -1.55. The van der Waals surface area contributed by atoms with Crippen LogP contribution in [0.15, 0.2) is 24.3 Å². The number of carbonyl (C=O) groups is 1. The fraction of sp³-hybridized carbons (Fsp3) is 0.364. The molecule has 0 fully saturated rings. The van der Waals surface area contributed by atoms with Crippen LogP contribution in [0.25, 0.3) is 0 Å². The lowest BCUT2D eigenvalue weighted by Gasteiger charge is -2.19. The molecule has 1 atom stereocenters. The van der Waals surface area contributed by atoms with Gasteiger partial charge in [0.05, 0.1) is 12.6 Å². The summed E-state index contributed by atoms with van der Waals surface area (Å²) in [4.78, 5) is 12.4. The normalized spacial score (nSPS) is 12.2. The van der Waals surface area contributed by atoms with E-state index in [0.29, 0.717) is 5.56 Å². The molecule has 4 nitrogen and oxygen atoms in total. The Morgan fingerprint density at radius 3 is 2.73 bits per heavy atom. The Morgan fingerprint density at radius 1 is 1.53 bits per heavy atom. The fourth-order valence-electron chi connectivity index (χ4n) is 1.23. The number of amides is 1. The van der Waals surface area contributed by atoms with Gasteiger partial charge in [0.15, 0.2) is 0 Å². The van der Waals surface area contributed by atoms with E-state index in [-0.39, 0.29) is 18.2 Å². The summed E-state index contributed by atoms with van der Waals surface area (Å²) < 4.78 is 0. The molecule has 0 saturated carbocycles. The van der Waals surface area contributed by atoms with Gasteiger partial charge in [0.1, 0.15) is 5.75 Å². The molecule has 2 N–H and O–H groups in total. The Morgan fingerprint density at radius 2 is 2.20 bits per heavy atom. The molecule has 0 unspecified atom stereocenters. The minimum Gasteiger partial charge on any atom is -0.508 e. The molecule has 1 aromatic carbocycles. The third-order valence-electron chi connectivity index (χ3n) is 2.24. The summed E-state index contributed by atoms with van der Waals surface area (Å²) in [6.45, 7) is 1.66. The van der Waals surface area contributed by atoms with Gasteiger partial charge in [-0.2, -0.15) is 0 Å². The summed E-state index contributed by atoms with van der Waals surface area (Å²) in [5, 5.41) is 19.0. The lowest BCUT2D eigenvalue weighted by atomic mass is 10.1. The molecular formula is C11H15NO3. The molecule has 1 amide bonds. The number of phenolic OH excluding ortho intramolecular Hbond substituents is 1. The zero-order valence-corrected chi connectivity index (χ0v) is 8.84. The van der Waals surface area contributed by atoms with Crippen LogP contribution in [0.2, 0.25) is 0 Å². The van der Waals surface area contributed by atoms with E-state index in [9.17, 15) is 15.0 Å². The molecule has 0 radical (unpaired) electrons. The average molecular weight is 209 g/mol. The summed E-state index contributed by atoms with van der Waals surface area (Å²) >= 11 is 0. The second kappa shape index (κ2) is 4.79. The second-order valence-electron chi connectivity index (χ2n) is 3.51. The summed E-state index contributed by atoms with van der Waals surface area (Å²) in [6, 6.07) is 6.38. The third-order valence-corrected chi connectivity index (χ3v) is 2.24. The molecule has 0 spiro atoms. The Balaban J connectivity index is 2.68. The quantitative estimate of drug-likeness (QED) is 0.777. The first kappa shape index (κ1) is 11.5. The van der Waals surface area contributed by atoms with Gasteiger partial charge < -0.3 is 15.1 Å². The molecule has 15 heavy (non-hydrogen) atoms. The highest BCUT2D eigenvalue weighted by Crippen LogP contribution is 2.18. The van der Waals surface area contributed by atoms with Crippen molar-refractivity contribution in [1.82, 2.24) is 4.90 Å². The highest BCUT2D eigenvalue weighted by atomic mass is 16.3. The van der Waals surface area contributed by atoms with Crippen molar-refractivity contribution in [2.75, 3.05) is 13.6 Å². The Labute approximate surface area is 88.8 Å². The summed E-state index contributed by atoms with van der Waals surface area (Å²) in [5.41, 5.74) is 0.600.